The second-order valence-electron chi connectivity index (χ2n) is 6.77. The number of benzene rings is 2. The zero-order valence-electron chi connectivity index (χ0n) is 17.5. The van der Waals surface area contributed by atoms with Gasteiger partial charge in [-0.1, -0.05) is 24.3 Å². The Morgan fingerprint density at radius 2 is 1.71 bits per heavy atom. The molecule has 2 N–H and O–H groups in total. The molecule has 3 amide bonds. The number of rotatable bonds is 9. The summed E-state index contributed by atoms with van der Waals surface area (Å²) in [7, 11) is 3.19. The molecule has 0 saturated carbocycles. The lowest BCUT2D eigenvalue weighted by molar-refractivity contribution is -0.121. The Labute approximate surface area is 185 Å². The maximum absolute atomic E-state index is 12.6. The van der Waals surface area contributed by atoms with E-state index in [4.69, 9.17) is 9.47 Å². The molecule has 0 bridgehead atoms. The van der Waals surface area contributed by atoms with Crippen LogP contribution in [0.4, 0.5) is 10.5 Å². The average molecular weight is 440 g/mol. The number of carbonyl (C=O) groups is 2. The summed E-state index contributed by atoms with van der Waals surface area (Å²) < 4.78 is 10.5. The SMILES string of the molecule is COc1ccc(NC(=O)NC(=O)CN(Cc2cccs2)Cc2ccccc2OC)cc1. The minimum atomic E-state index is -0.580. The Kier molecular flexibility index (Phi) is 8.03. The third-order valence-electron chi connectivity index (χ3n) is 4.51. The first-order chi connectivity index (χ1) is 15.1. The van der Waals surface area contributed by atoms with Gasteiger partial charge in [0.05, 0.1) is 20.8 Å². The first kappa shape index (κ1) is 22.3. The second-order valence-corrected chi connectivity index (χ2v) is 7.80. The van der Waals surface area contributed by atoms with Crippen LogP contribution in [0.1, 0.15) is 10.4 Å². The van der Waals surface area contributed by atoms with Crippen LogP contribution in [0.5, 0.6) is 11.5 Å². The maximum Gasteiger partial charge on any atom is 0.325 e. The van der Waals surface area contributed by atoms with E-state index in [2.05, 4.69) is 10.6 Å². The number of nitrogens with zero attached hydrogens (tertiary/aromatic N) is 1. The van der Waals surface area contributed by atoms with Gasteiger partial charge in [0.2, 0.25) is 5.91 Å². The lowest BCUT2D eigenvalue weighted by atomic mass is 10.2. The van der Waals surface area contributed by atoms with E-state index in [1.54, 1.807) is 49.8 Å². The van der Waals surface area contributed by atoms with Crippen molar-refractivity contribution in [2.24, 2.45) is 0 Å². The van der Waals surface area contributed by atoms with E-state index in [-0.39, 0.29) is 6.54 Å². The summed E-state index contributed by atoms with van der Waals surface area (Å²) in [4.78, 5) is 27.9. The van der Waals surface area contributed by atoms with Crippen LogP contribution < -0.4 is 20.1 Å². The molecular weight excluding hydrogens is 414 g/mol. The quantitative estimate of drug-likeness (QED) is 0.524. The van der Waals surface area contributed by atoms with Gasteiger partial charge in [-0.25, -0.2) is 4.79 Å². The molecule has 1 heterocycles. The van der Waals surface area contributed by atoms with Crippen molar-refractivity contribution in [3.05, 3.63) is 76.5 Å². The van der Waals surface area contributed by atoms with Crippen molar-refractivity contribution >= 4 is 29.0 Å². The van der Waals surface area contributed by atoms with Crippen molar-refractivity contribution in [3.8, 4) is 11.5 Å². The molecule has 162 valence electrons. The van der Waals surface area contributed by atoms with Crippen molar-refractivity contribution in [3.63, 3.8) is 0 Å². The number of urea groups is 1. The molecular formula is C23H25N3O4S. The first-order valence-electron chi connectivity index (χ1n) is 9.69. The van der Waals surface area contributed by atoms with E-state index >= 15 is 0 Å². The van der Waals surface area contributed by atoms with Gasteiger partial charge in [0.1, 0.15) is 11.5 Å². The van der Waals surface area contributed by atoms with Crippen molar-refractivity contribution in [2.75, 3.05) is 26.1 Å². The summed E-state index contributed by atoms with van der Waals surface area (Å²) in [6.07, 6.45) is 0. The van der Waals surface area contributed by atoms with Crippen LogP contribution in [-0.4, -0.2) is 37.6 Å². The number of anilines is 1. The molecule has 31 heavy (non-hydrogen) atoms. The number of imide groups is 1. The zero-order chi connectivity index (χ0) is 22.1. The van der Waals surface area contributed by atoms with Crippen LogP contribution in [0.2, 0.25) is 0 Å². The Morgan fingerprint density at radius 3 is 2.39 bits per heavy atom. The summed E-state index contributed by atoms with van der Waals surface area (Å²) in [5.41, 5.74) is 1.53. The van der Waals surface area contributed by atoms with Crippen molar-refractivity contribution in [1.82, 2.24) is 10.2 Å². The van der Waals surface area contributed by atoms with Gasteiger partial charge >= 0.3 is 6.03 Å². The molecule has 3 rings (SSSR count). The maximum atomic E-state index is 12.6. The highest BCUT2D eigenvalue weighted by Gasteiger charge is 2.16. The van der Waals surface area contributed by atoms with E-state index in [1.807, 2.05) is 46.7 Å². The minimum Gasteiger partial charge on any atom is -0.497 e. The minimum absolute atomic E-state index is 0.0615. The number of carbonyl (C=O) groups excluding carboxylic acids is 2. The molecule has 2 aromatic carbocycles. The number of hydrogen-bond acceptors (Lipinski definition) is 6. The molecule has 1 aromatic heterocycles. The number of amides is 3. The lowest BCUT2D eigenvalue weighted by Gasteiger charge is -2.22. The van der Waals surface area contributed by atoms with E-state index < -0.39 is 11.9 Å². The number of para-hydroxylation sites is 1. The van der Waals surface area contributed by atoms with E-state index in [9.17, 15) is 9.59 Å². The Balaban J connectivity index is 1.62. The van der Waals surface area contributed by atoms with Crippen molar-refractivity contribution in [2.45, 2.75) is 13.1 Å². The topological polar surface area (TPSA) is 79.9 Å². The third kappa shape index (κ3) is 6.84. The molecule has 0 unspecified atom stereocenters. The zero-order valence-corrected chi connectivity index (χ0v) is 18.3. The summed E-state index contributed by atoms with van der Waals surface area (Å²) in [5.74, 6) is 1.05. The monoisotopic (exact) mass is 439 g/mol. The van der Waals surface area contributed by atoms with E-state index in [0.717, 1.165) is 16.2 Å². The summed E-state index contributed by atoms with van der Waals surface area (Å²) in [6.45, 7) is 1.16. The molecule has 8 heteroatoms. The normalized spacial score (nSPS) is 10.5. The molecule has 0 fully saturated rings. The van der Waals surface area contributed by atoms with Crippen LogP contribution in [0.25, 0.3) is 0 Å². The van der Waals surface area contributed by atoms with Gasteiger partial charge in [0.25, 0.3) is 0 Å². The summed E-state index contributed by atoms with van der Waals surface area (Å²) >= 11 is 1.62. The van der Waals surface area contributed by atoms with Gasteiger partial charge in [-0.3, -0.25) is 15.0 Å². The van der Waals surface area contributed by atoms with Gasteiger partial charge in [-0.15, -0.1) is 11.3 Å². The number of methoxy groups -OCH3 is 2. The van der Waals surface area contributed by atoms with Crippen LogP contribution in [-0.2, 0) is 17.9 Å². The van der Waals surface area contributed by atoms with Gasteiger partial charge in [0, 0.05) is 29.2 Å². The van der Waals surface area contributed by atoms with Gasteiger partial charge in [0.15, 0.2) is 0 Å². The van der Waals surface area contributed by atoms with Crippen LogP contribution in [0, 0.1) is 0 Å². The van der Waals surface area contributed by atoms with E-state index in [0.29, 0.717) is 24.5 Å². The highest BCUT2D eigenvalue weighted by Crippen LogP contribution is 2.21. The van der Waals surface area contributed by atoms with Gasteiger partial charge < -0.3 is 14.8 Å². The molecule has 0 atom stereocenters. The Hall–Kier alpha value is -3.36. The largest absolute Gasteiger partial charge is 0.497 e. The fourth-order valence-electron chi connectivity index (χ4n) is 3.07. The summed E-state index contributed by atoms with van der Waals surface area (Å²) in [5, 5.41) is 7.04. The van der Waals surface area contributed by atoms with E-state index in [1.165, 1.54) is 0 Å². The highest BCUT2D eigenvalue weighted by molar-refractivity contribution is 7.09. The number of hydrogen-bond donors (Lipinski definition) is 2. The summed E-state index contributed by atoms with van der Waals surface area (Å²) in [6, 6.07) is 18.0. The lowest BCUT2D eigenvalue weighted by Crippen LogP contribution is -2.41. The predicted octanol–water partition coefficient (Wildman–Crippen LogP) is 4.12. The number of nitrogens with one attached hydrogen (secondary N) is 2. The molecule has 0 aliphatic carbocycles. The number of ether oxygens (including phenoxy) is 2. The van der Waals surface area contributed by atoms with Crippen LogP contribution >= 0.6 is 11.3 Å². The molecule has 0 radical (unpaired) electrons. The number of thiophene rings is 1. The molecule has 7 nitrogen and oxygen atoms in total. The standard InChI is InChI=1S/C23H25N3O4S/c1-29-19-11-9-18(10-12-19)24-23(28)25-22(27)16-26(15-20-7-5-13-31-20)14-17-6-3-4-8-21(17)30-2/h3-13H,14-16H2,1-2H3,(H2,24,25,27,28). The molecule has 3 aromatic rings. The van der Waals surface area contributed by atoms with Crippen LogP contribution in [0.3, 0.4) is 0 Å². The fourth-order valence-corrected chi connectivity index (χ4v) is 3.82. The second kappa shape index (κ2) is 11.1. The molecule has 0 spiro atoms. The van der Waals surface area contributed by atoms with Crippen molar-refractivity contribution in [1.29, 1.82) is 0 Å². The smallest absolute Gasteiger partial charge is 0.325 e. The predicted molar refractivity (Wildman–Crippen MR) is 122 cm³/mol. The van der Waals surface area contributed by atoms with Gasteiger partial charge in [-0.2, -0.15) is 0 Å². The van der Waals surface area contributed by atoms with Crippen LogP contribution in [0.15, 0.2) is 66.0 Å². The fraction of sp³-hybridized carbons (Fsp3) is 0.217. The molecule has 0 aliphatic heterocycles. The van der Waals surface area contributed by atoms with Crippen molar-refractivity contribution < 1.29 is 19.1 Å². The molecule has 0 aliphatic rings. The van der Waals surface area contributed by atoms with Gasteiger partial charge in [-0.05, 0) is 41.8 Å². The molecule has 0 saturated heterocycles. The Morgan fingerprint density at radius 1 is 0.935 bits per heavy atom. The highest BCUT2D eigenvalue weighted by atomic mass is 32.1. The Bertz CT molecular complexity index is 990. The average Bonchev–Trinajstić information content (AvgIpc) is 3.27. The third-order valence-corrected chi connectivity index (χ3v) is 5.38. The first-order valence-corrected chi connectivity index (χ1v) is 10.6.